The number of methoxy groups -OCH3 is 1. The van der Waals surface area contributed by atoms with Crippen molar-refractivity contribution in [1.29, 1.82) is 0 Å². The van der Waals surface area contributed by atoms with E-state index in [9.17, 15) is 14.3 Å². The van der Waals surface area contributed by atoms with E-state index < -0.39 is 11.9 Å². The Morgan fingerprint density at radius 3 is 3.00 bits per heavy atom. The lowest BCUT2D eigenvalue weighted by Gasteiger charge is -2.10. The first kappa shape index (κ1) is 15.1. The van der Waals surface area contributed by atoms with Gasteiger partial charge in [-0.3, -0.25) is 4.79 Å². The highest BCUT2D eigenvalue weighted by atomic mass is 79.9. The molecule has 1 unspecified atom stereocenters. The van der Waals surface area contributed by atoms with E-state index in [0.29, 0.717) is 17.4 Å². The quantitative estimate of drug-likeness (QED) is 0.839. The highest BCUT2D eigenvalue weighted by molar-refractivity contribution is 9.10. The second-order valence-electron chi connectivity index (χ2n) is 3.78. The molecule has 100 valence electrons. The number of nitrogens with one attached hydrogen (secondary N) is 1. The summed E-state index contributed by atoms with van der Waals surface area (Å²) >= 11 is 3.18. The van der Waals surface area contributed by atoms with Crippen LogP contribution in [0.3, 0.4) is 0 Å². The van der Waals surface area contributed by atoms with Crippen molar-refractivity contribution >= 4 is 21.8 Å². The minimum Gasteiger partial charge on any atom is -0.391 e. The average Bonchev–Trinajstić information content (AvgIpc) is 2.32. The molecular formula is C12H15BrFNO3. The van der Waals surface area contributed by atoms with Gasteiger partial charge in [-0.25, -0.2) is 4.39 Å². The summed E-state index contributed by atoms with van der Waals surface area (Å²) in [5, 5.41) is 12.0. The van der Waals surface area contributed by atoms with Crippen LogP contribution in [0.5, 0.6) is 0 Å². The molecule has 0 aliphatic rings. The maximum absolute atomic E-state index is 13.0. The Balaban J connectivity index is 2.48. The summed E-state index contributed by atoms with van der Waals surface area (Å²) in [6.07, 6.45) is -0.238. The van der Waals surface area contributed by atoms with Gasteiger partial charge in [-0.15, -0.1) is 0 Å². The lowest BCUT2D eigenvalue weighted by molar-refractivity contribution is 0.0587. The predicted molar refractivity (Wildman–Crippen MR) is 68.9 cm³/mol. The number of benzene rings is 1. The van der Waals surface area contributed by atoms with Crippen molar-refractivity contribution in [3.8, 4) is 0 Å². The molecule has 2 N–H and O–H groups in total. The number of halogens is 2. The summed E-state index contributed by atoms with van der Waals surface area (Å²) in [6.45, 7) is 0.520. The molecule has 1 aromatic rings. The molecule has 1 rings (SSSR count). The van der Waals surface area contributed by atoms with Crippen LogP contribution in [0.4, 0.5) is 4.39 Å². The van der Waals surface area contributed by atoms with Crippen molar-refractivity contribution in [1.82, 2.24) is 5.32 Å². The van der Waals surface area contributed by atoms with E-state index in [1.807, 2.05) is 0 Å². The number of hydrogen-bond acceptors (Lipinski definition) is 3. The molecule has 0 saturated heterocycles. The smallest absolute Gasteiger partial charge is 0.252 e. The van der Waals surface area contributed by atoms with E-state index in [-0.39, 0.29) is 18.1 Å². The molecule has 0 spiro atoms. The van der Waals surface area contributed by atoms with Crippen LogP contribution in [0.2, 0.25) is 0 Å². The van der Waals surface area contributed by atoms with Crippen molar-refractivity contribution in [3.63, 3.8) is 0 Å². The number of aliphatic hydroxyl groups excluding tert-OH is 1. The molecule has 0 saturated carbocycles. The van der Waals surface area contributed by atoms with E-state index in [0.717, 1.165) is 6.07 Å². The summed E-state index contributed by atoms with van der Waals surface area (Å²) in [6, 6.07) is 3.90. The monoisotopic (exact) mass is 319 g/mol. The molecule has 0 aliphatic heterocycles. The van der Waals surface area contributed by atoms with E-state index in [4.69, 9.17) is 4.74 Å². The Bertz CT molecular complexity index is 414. The van der Waals surface area contributed by atoms with Crippen LogP contribution < -0.4 is 5.32 Å². The summed E-state index contributed by atoms with van der Waals surface area (Å²) < 4.78 is 18.3. The maximum atomic E-state index is 13.0. The van der Waals surface area contributed by atoms with Crippen LogP contribution in [-0.2, 0) is 4.74 Å². The zero-order valence-electron chi connectivity index (χ0n) is 9.95. The van der Waals surface area contributed by atoms with Crippen molar-refractivity contribution < 1.29 is 19.0 Å². The number of rotatable bonds is 6. The van der Waals surface area contributed by atoms with Gasteiger partial charge in [0, 0.05) is 18.1 Å². The Kier molecular flexibility index (Phi) is 6.24. The molecule has 0 aliphatic carbocycles. The van der Waals surface area contributed by atoms with Crippen LogP contribution in [0.1, 0.15) is 16.8 Å². The zero-order valence-corrected chi connectivity index (χ0v) is 11.5. The van der Waals surface area contributed by atoms with E-state index in [1.54, 1.807) is 0 Å². The molecule has 0 aromatic heterocycles. The molecule has 0 bridgehead atoms. The Morgan fingerprint density at radius 1 is 1.61 bits per heavy atom. The third kappa shape index (κ3) is 4.72. The average molecular weight is 320 g/mol. The number of amides is 1. The van der Waals surface area contributed by atoms with Crippen LogP contribution in [0.25, 0.3) is 0 Å². The summed E-state index contributed by atoms with van der Waals surface area (Å²) in [5.41, 5.74) is 0.233. The van der Waals surface area contributed by atoms with Gasteiger partial charge < -0.3 is 15.2 Å². The number of carbonyl (C=O) groups is 1. The van der Waals surface area contributed by atoms with Gasteiger partial charge in [0.25, 0.3) is 5.91 Å². The summed E-state index contributed by atoms with van der Waals surface area (Å²) in [4.78, 5) is 11.7. The highest BCUT2D eigenvalue weighted by Crippen LogP contribution is 2.17. The number of aliphatic hydroxyl groups is 1. The Morgan fingerprint density at radius 2 is 2.33 bits per heavy atom. The molecule has 1 amide bonds. The molecule has 6 heteroatoms. The molecule has 0 fully saturated rings. The second kappa shape index (κ2) is 7.45. The van der Waals surface area contributed by atoms with Crippen molar-refractivity contribution in [2.45, 2.75) is 12.5 Å². The van der Waals surface area contributed by atoms with Gasteiger partial charge in [-0.2, -0.15) is 0 Å². The van der Waals surface area contributed by atoms with Gasteiger partial charge in [0.15, 0.2) is 0 Å². The molecule has 0 radical (unpaired) electrons. The van der Waals surface area contributed by atoms with Crippen LogP contribution in [-0.4, -0.2) is 37.4 Å². The fraction of sp³-hybridized carbons (Fsp3) is 0.417. The van der Waals surface area contributed by atoms with Gasteiger partial charge in [0.05, 0.1) is 18.3 Å². The Labute approximate surface area is 113 Å². The van der Waals surface area contributed by atoms with Gasteiger partial charge >= 0.3 is 0 Å². The number of hydrogen-bond donors (Lipinski definition) is 2. The third-order valence-corrected chi connectivity index (χ3v) is 2.99. The molecular weight excluding hydrogens is 305 g/mol. The highest BCUT2D eigenvalue weighted by Gasteiger charge is 2.11. The third-order valence-electron chi connectivity index (χ3n) is 2.30. The zero-order chi connectivity index (χ0) is 13.5. The maximum Gasteiger partial charge on any atom is 0.252 e. The van der Waals surface area contributed by atoms with Gasteiger partial charge in [-0.05, 0) is 40.5 Å². The standard InChI is InChI=1S/C12H15BrFNO3/c1-18-7-9(16)4-5-15-12(17)10-6-8(14)2-3-11(10)13/h2-3,6,9,16H,4-5,7H2,1H3,(H,15,17). The second-order valence-corrected chi connectivity index (χ2v) is 4.63. The first-order valence-corrected chi connectivity index (χ1v) is 6.24. The van der Waals surface area contributed by atoms with Crippen molar-refractivity contribution in [3.05, 3.63) is 34.1 Å². The molecule has 18 heavy (non-hydrogen) atoms. The predicted octanol–water partition coefficient (Wildman–Crippen LogP) is 1.72. The summed E-state index contributed by atoms with van der Waals surface area (Å²) in [7, 11) is 1.49. The fourth-order valence-electron chi connectivity index (χ4n) is 1.39. The number of carbonyl (C=O) groups excluding carboxylic acids is 1. The topological polar surface area (TPSA) is 58.6 Å². The first-order chi connectivity index (χ1) is 8.54. The lowest BCUT2D eigenvalue weighted by Crippen LogP contribution is -2.28. The Hall–Kier alpha value is -0.980. The van der Waals surface area contributed by atoms with Crippen molar-refractivity contribution in [2.24, 2.45) is 0 Å². The van der Waals surface area contributed by atoms with Gasteiger partial charge in [0.2, 0.25) is 0 Å². The largest absolute Gasteiger partial charge is 0.391 e. The lowest BCUT2D eigenvalue weighted by atomic mass is 10.2. The molecule has 0 heterocycles. The number of ether oxygens (including phenoxy) is 1. The van der Waals surface area contributed by atoms with Crippen LogP contribution >= 0.6 is 15.9 Å². The summed E-state index contributed by atoms with van der Waals surface area (Å²) in [5.74, 6) is -0.853. The van der Waals surface area contributed by atoms with Crippen molar-refractivity contribution in [2.75, 3.05) is 20.3 Å². The molecule has 1 aromatic carbocycles. The molecule has 1 atom stereocenters. The van der Waals surface area contributed by atoms with Crippen LogP contribution in [0.15, 0.2) is 22.7 Å². The van der Waals surface area contributed by atoms with E-state index >= 15 is 0 Å². The molecule has 4 nitrogen and oxygen atoms in total. The minimum absolute atomic E-state index is 0.222. The fourth-order valence-corrected chi connectivity index (χ4v) is 1.82. The SMILES string of the molecule is COCC(O)CCNC(=O)c1cc(F)ccc1Br. The van der Waals surface area contributed by atoms with E-state index in [2.05, 4.69) is 21.2 Å². The van der Waals surface area contributed by atoms with Gasteiger partial charge in [0.1, 0.15) is 5.82 Å². The minimum atomic E-state index is -0.619. The first-order valence-electron chi connectivity index (χ1n) is 5.45. The normalized spacial score (nSPS) is 12.2. The van der Waals surface area contributed by atoms with Gasteiger partial charge in [-0.1, -0.05) is 0 Å². The van der Waals surface area contributed by atoms with E-state index in [1.165, 1.54) is 19.2 Å². The van der Waals surface area contributed by atoms with Crippen LogP contribution in [0, 0.1) is 5.82 Å².